The Morgan fingerprint density at radius 3 is 2.68 bits per heavy atom. The fourth-order valence-corrected chi connectivity index (χ4v) is 3.11. The molecule has 1 heterocycles. The second-order valence-electron chi connectivity index (χ2n) is 3.64. The van der Waals surface area contributed by atoms with Crippen LogP contribution in [0, 0.1) is 0 Å². The Bertz CT molecular complexity index is 722. The van der Waals surface area contributed by atoms with Crippen LogP contribution in [-0.4, -0.2) is 13.4 Å². The first-order valence-electron chi connectivity index (χ1n) is 5.07. The summed E-state index contributed by atoms with van der Waals surface area (Å²) in [5, 5.41) is 0.433. The summed E-state index contributed by atoms with van der Waals surface area (Å²) >= 11 is 9.01. The van der Waals surface area contributed by atoms with E-state index in [-0.39, 0.29) is 16.3 Å². The molecule has 0 aliphatic rings. The summed E-state index contributed by atoms with van der Waals surface area (Å²) in [7, 11) is -3.72. The molecule has 5 nitrogen and oxygen atoms in total. The minimum absolute atomic E-state index is 0.0833. The van der Waals surface area contributed by atoms with Crippen molar-refractivity contribution < 1.29 is 8.42 Å². The molecule has 2 rings (SSSR count). The number of nitrogens with one attached hydrogen (secondary N) is 1. The summed E-state index contributed by atoms with van der Waals surface area (Å²) in [5.74, 6) is 0. The molecule has 0 radical (unpaired) electrons. The molecule has 8 heteroatoms. The molecule has 0 amide bonds. The molecule has 0 fully saturated rings. The van der Waals surface area contributed by atoms with Gasteiger partial charge in [0, 0.05) is 10.7 Å². The highest BCUT2D eigenvalue weighted by Crippen LogP contribution is 2.27. The topological polar surface area (TPSA) is 85.1 Å². The quantitative estimate of drug-likeness (QED) is 0.879. The lowest BCUT2D eigenvalue weighted by atomic mass is 10.4. The van der Waals surface area contributed by atoms with Crippen LogP contribution < -0.4 is 10.5 Å². The number of hydrogen-bond acceptors (Lipinski definition) is 4. The van der Waals surface area contributed by atoms with E-state index in [0.717, 1.165) is 0 Å². The highest BCUT2D eigenvalue weighted by atomic mass is 79.9. The summed E-state index contributed by atoms with van der Waals surface area (Å²) in [4.78, 5) is 3.87. The molecule has 0 saturated heterocycles. The molecule has 0 aliphatic carbocycles. The predicted octanol–water partition coefficient (Wildman–Crippen LogP) is 2.88. The van der Waals surface area contributed by atoms with Crippen molar-refractivity contribution >= 4 is 48.9 Å². The molecule has 2 aromatic rings. The van der Waals surface area contributed by atoms with E-state index in [1.807, 2.05) is 0 Å². The molecule has 100 valence electrons. The number of halogens is 2. The molecule has 1 aromatic heterocycles. The number of anilines is 2. The van der Waals surface area contributed by atoms with Crippen LogP contribution in [0.5, 0.6) is 0 Å². The standard InChI is InChI=1S/C11H9BrClN3O2S/c12-8-5-7(1-2-9(8)13)19(17,18)16-11-3-4-15-6-10(11)14/h1-6H,14H2,(H,15,16). The zero-order chi connectivity index (χ0) is 14.0. The van der Waals surface area contributed by atoms with Crippen molar-refractivity contribution in [3.8, 4) is 0 Å². The molecule has 0 atom stereocenters. The molecule has 1 aromatic carbocycles. The van der Waals surface area contributed by atoms with Crippen LogP contribution >= 0.6 is 27.5 Å². The number of hydrogen-bond donors (Lipinski definition) is 2. The van der Waals surface area contributed by atoms with Crippen LogP contribution in [-0.2, 0) is 10.0 Å². The first-order chi connectivity index (χ1) is 8.90. The van der Waals surface area contributed by atoms with E-state index in [1.54, 1.807) is 0 Å². The van der Waals surface area contributed by atoms with Crippen LogP contribution in [0.15, 0.2) is 46.0 Å². The lowest BCUT2D eigenvalue weighted by molar-refractivity contribution is 0.601. The zero-order valence-electron chi connectivity index (χ0n) is 9.47. The zero-order valence-corrected chi connectivity index (χ0v) is 12.6. The van der Waals surface area contributed by atoms with E-state index in [2.05, 4.69) is 25.6 Å². The molecule has 0 aliphatic heterocycles. The van der Waals surface area contributed by atoms with E-state index in [9.17, 15) is 8.42 Å². The number of sulfonamides is 1. The van der Waals surface area contributed by atoms with Gasteiger partial charge < -0.3 is 5.73 Å². The minimum Gasteiger partial charge on any atom is -0.396 e. The van der Waals surface area contributed by atoms with Crippen molar-refractivity contribution in [3.63, 3.8) is 0 Å². The van der Waals surface area contributed by atoms with Crippen molar-refractivity contribution in [1.29, 1.82) is 0 Å². The van der Waals surface area contributed by atoms with Crippen molar-refractivity contribution in [2.45, 2.75) is 4.90 Å². The molecule has 19 heavy (non-hydrogen) atoms. The van der Waals surface area contributed by atoms with E-state index in [0.29, 0.717) is 9.50 Å². The largest absolute Gasteiger partial charge is 0.396 e. The van der Waals surface area contributed by atoms with Crippen LogP contribution in [0.2, 0.25) is 5.02 Å². The van der Waals surface area contributed by atoms with Crippen LogP contribution in [0.25, 0.3) is 0 Å². The van der Waals surface area contributed by atoms with E-state index >= 15 is 0 Å². The molecular formula is C11H9BrClN3O2S. The first kappa shape index (κ1) is 14.1. The Morgan fingerprint density at radius 1 is 1.32 bits per heavy atom. The van der Waals surface area contributed by atoms with Gasteiger partial charge in [-0.25, -0.2) is 8.42 Å². The van der Waals surface area contributed by atoms with Gasteiger partial charge in [-0.15, -0.1) is 0 Å². The minimum atomic E-state index is -3.72. The maximum atomic E-state index is 12.2. The van der Waals surface area contributed by atoms with Crippen LogP contribution in [0.1, 0.15) is 0 Å². The Morgan fingerprint density at radius 2 is 2.05 bits per heavy atom. The molecule has 3 N–H and O–H groups in total. The summed E-state index contributed by atoms with van der Waals surface area (Å²) in [6, 6.07) is 5.81. The SMILES string of the molecule is Nc1cnccc1NS(=O)(=O)c1ccc(Cl)c(Br)c1. The number of nitrogens with two attached hydrogens (primary N) is 1. The Kier molecular flexibility index (Phi) is 3.98. The fraction of sp³-hybridized carbons (Fsp3) is 0. The monoisotopic (exact) mass is 361 g/mol. The van der Waals surface area contributed by atoms with Crippen molar-refractivity contribution in [1.82, 2.24) is 4.98 Å². The first-order valence-corrected chi connectivity index (χ1v) is 7.73. The van der Waals surface area contributed by atoms with Gasteiger partial charge in [0.25, 0.3) is 10.0 Å². The van der Waals surface area contributed by atoms with Crippen molar-refractivity contribution in [3.05, 3.63) is 46.2 Å². The van der Waals surface area contributed by atoms with Gasteiger partial charge in [-0.1, -0.05) is 11.6 Å². The van der Waals surface area contributed by atoms with Gasteiger partial charge in [0.05, 0.1) is 27.5 Å². The van der Waals surface area contributed by atoms with Gasteiger partial charge in [-0.3, -0.25) is 9.71 Å². The maximum Gasteiger partial charge on any atom is 0.262 e. The Balaban J connectivity index is 2.38. The van der Waals surface area contributed by atoms with E-state index in [4.69, 9.17) is 17.3 Å². The van der Waals surface area contributed by atoms with Crippen LogP contribution in [0.3, 0.4) is 0 Å². The lowest BCUT2D eigenvalue weighted by Crippen LogP contribution is -2.14. The number of nitrogens with zero attached hydrogens (tertiary/aromatic N) is 1. The molecule has 0 saturated carbocycles. The summed E-state index contributed by atoms with van der Waals surface area (Å²) in [6.07, 6.45) is 2.82. The Hall–Kier alpha value is -1.31. The average Bonchev–Trinajstić information content (AvgIpc) is 2.35. The number of pyridine rings is 1. The third-order valence-electron chi connectivity index (χ3n) is 2.30. The van der Waals surface area contributed by atoms with E-state index < -0.39 is 10.0 Å². The highest BCUT2D eigenvalue weighted by Gasteiger charge is 2.16. The molecule has 0 unspecified atom stereocenters. The lowest BCUT2D eigenvalue weighted by Gasteiger charge is -2.10. The third-order valence-corrected chi connectivity index (χ3v) is 4.87. The van der Waals surface area contributed by atoms with E-state index in [1.165, 1.54) is 36.7 Å². The van der Waals surface area contributed by atoms with Gasteiger partial charge in [0.2, 0.25) is 0 Å². The predicted molar refractivity (Wildman–Crippen MR) is 78.6 cm³/mol. The fourth-order valence-electron chi connectivity index (χ4n) is 1.35. The Labute approximate surface area is 124 Å². The highest BCUT2D eigenvalue weighted by molar-refractivity contribution is 9.10. The van der Waals surface area contributed by atoms with Crippen molar-refractivity contribution in [2.75, 3.05) is 10.5 Å². The summed E-state index contributed by atoms with van der Waals surface area (Å²) in [6.45, 7) is 0. The summed E-state index contributed by atoms with van der Waals surface area (Å²) < 4.78 is 27.2. The van der Waals surface area contributed by atoms with Crippen LogP contribution in [0.4, 0.5) is 11.4 Å². The van der Waals surface area contributed by atoms with Gasteiger partial charge in [0.1, 0.15) is 0 Å². The molecular weight excluding hydrogens is 354 g/mol. The third kappa shape index (κ3) is 3.17. The number of benzene rings is 1. The van der Waals surface area contributed by atoms with Gasteiger partial charge in [-0.05, 0) is 40.2 Å². The summed E-state index contributed by atoms with van der Waals surface area (Å²) in [5.41, 5.74) is 6.17. The second-order valence-corrected chi connectivity index (χ2v) is 6.59. The van der Waals surface area contributed by atoms with Gasteiger partial charge in [0.15, 0.2) is 0 Å². The normalized spacial score (nSPS) is 11.3. The van der Waals surface area contributed by atoms with Gasteiger partial charge in [-0.2, -0.15) is 0 Å². The molecule has 0 bridgehead atoms. The van der Waals surface area contributed by atoms with Crippen molar-refractivity contribution in [2.24, 2.45) is 0 Å². The number of nitrogen functional groups attached to an aromatic ring is 1. The maximum absolute atomic E-state index is 12.2. The van der Waals surface area contributed by atoms with Gasteiger partial charge >= 0.3 is 0 Å². The average molecular weight is 363 g/mol. The second kappa shape index (κ2) is 5.36. The molecule has 0 spiro atoms. The number of rotatable bonds is 3. The number of aromatic nitrogens is 1. The smallest absolute Gasteiger partial charge is 0.262 e.